The maximum absolute atomic E-state index is 8.55. The standard InChI is InChI=1S/Al.Fe.H3O4P/c;;1-5(2,3)4/h;;(H3,1,2,3,4)/q+3;+2;/p-3. The van der Waals surface area contributed by atoms with E-state index in [1.54, 1.807) is 0 Å². The third kappa shape index (κ3) is 141. The Morgan fingerprint density at radius 1 is 1.14 bits per heavy atom. The molecule has 0 spiro atoms. The summed E-state index contributed by atoms with van der Waals surface area (Å²) in [4.78, 5) is 25.6. The molecule has 0 amide bonds. The molecule has 0 atom stereocenters. The van der Waals surface area contributed by atoms with Crippen LogP contribution in [0.25, 0.3) is 0 Å². The summed E-state index contributed by atoms with van der Waals surface area (Å²) in [6.07, 6.45) is 0. The van der Waals surface area contributed by atoms with Gasteiger partial charge in [0.25, 0.3) is 0 Å². The number of rotatable bonds is 0. The Labute approximate surface area is 61.8 Å². The fourth-order valence-electron chi connectivity index (χ4n) is 0. The van der Waals surface area contributed by atoms with Crippen molar-refractivity contribution in [1.29, 1.82) is 0 Å². The summed E-state index contributed by atoms with van der Waals surface area (Å²) in [5, 5.41) is 0. The second-order valence-electron chi connectivity index (χ2n) is 0.447. The van der Waals surface area contributed by atoms with Crippen LogP contribution >= 0.6 is 7.82 Å². The number of hydrogen-bond donors (Lipinski definition) is 0. The molecule has 0 rings (SSSR count). The molecule has 0 N–H and O–H groups in total. The first-order chi connectivity index (χ1) is 2.00. The zero-order valence-electron chi connectivity index (χ0n) is 3.01. The third-order valence-electron chi connectivity index (χ3n) is 0. The third-order valence-corrected chi connectivity index (χ3v) is 0. The molecule has 0 aliphatic carbocycles. The van der Waals surface area contributed by atoms with Crippen LogP contribution in [-0.2, 0) is 21.6 Å². The van der Waals surface area contributed by atoms with Crippen molar-refractivity contribution in [2.75, 3.05) is 0 Å². The smallest absolute Gasteiger partial charge is 0.822 e. The first-order valence-electron chi connectivity index (χ1n) is 0.730. The van der Waals surface area contributed by atoms with Crippen LogP contribution in [0.5, 0.6) is 0 Å². The van der Waals surface area contributed by atoms with Crippen molar-refractivity contribution in [3.63, 3.8) is 0 Å². The Hall–Kier alpha value is 1.16. The van der Waals surface area contributed by atoms with E-state index in [1.165, 1.54) is 0 Å². The van der Waals surface area contributed by atoms with Crippen molar-refractivity contribution in [2.45, 2.75) is 0 Å². The van der Waals surface area contributed by atoms with Gasteiger partial charge < -0.3 is 19.2 Å². The molecule has 4 nitrogen and oxygen atoms in total. The normalized spacial score (nSPS) is 8.43. The summed E-state index contributed by atoms with van der Waals surface area (Å²) in [6, 6.07) is 0. The van der Waals surface area contributed by atoms with E-state index < -0.39 is 7.82 Å². The summed E-state index contributed by atoms with van der Waals surface area (Å²) >= 11 is 0. The summed E-state index contributed by atoms with van der Waals surface area (Å²) in [5.41, 5.74) is 0. The number of phosphoric acid groups is 1. The van der Waals surface area contributed by atoms with Crippen LogP contribution in [0.4, 0.5) is 0 Å². The average Bonchev–Trinajstić information content (AvgIpc) is 0.722. The fourth-order valence-corrected chi connectivity index (χ4v) is 0. The van der Waals surface area contributed by atoms with Crippen molar-refractivity contribution in [3.05, 3.63) is 0 Å². The predicted octanol–water partition coefficient (Wildman–Crippen LogP) is -3.21. The van der Waals surface area contributed by atoms with Crippen LogP contribution in [0.1, 0.15) is 0 Å². The van der Waals surface area contributed by atoms with Crippen molar-refractivity contribution in [2.24, 2.45) is 0 Å². The second-order valence-corrected chi connectivity index (χ2v) is 1.34. The summed E-state index contributed by atoms with van der Waals surface area (Å²) in [6.45, 7) is 0. The zero-order valence-corrected chi connectivity index (χ0v) is 6.16. The van der Waals surface area contributed by atoms with Crippen LogP contribution in [0.3, 0.4) is 0 Å². The van der Waals surface area contributed by atoms with Gasteiger partial charge in [-0.3, -0.25) is 0 Å². The Bertz CT molecular complexity index is 57.8. The SMILES string of the molecule is O=P([O-])([O-])[O-].[Al+3].[Fe+2]. The van der Waals surface area contributed by atoms with E-state index in [0.29, 0.717) is 0 Å². The average molecular weight is 178 g/mol. The van der Waals surface area contributed by atoms with Gasteiger partial charge in [-0.05, 0) is 0 Å². The van der Waals surface area contributed by atoms with Gasteiger partial charge >= 0.3 is 34.4 Å². The van der Waals surface area contributed by atoms with Gasteiger partial charge in [0.2, 0.25) is 0 Å². The van der Waals surface area contributed by atoms with Crippen LogP contribution in [0.2, 0.25) is 0 Å². The monoisotopic (exact) mass is 178 g/mol. The first kappa shape index (κ1) is 15.7. The van der Waals surface area contributed by atoms with Gasteiger partial charge in [0.05, 0.1) is 0 Å². The molecular weight excluding hydrogens is 178 g/mol. The maximum Gasteiger partial charge on any atom is 3.00 e. The van der Waals surface area contributed by atoms with E-state index in [0.717, 1.165) is 0 Å². The quantitative estimate of drug-likeness (QED) is 0.288. The van der Waals surface area contributed by atoms with E-state index in [1.807, 2.05) is 0 Å². The van der Waals surface area contributed by atoms with Crippen LogP contribution in [0.15, 0.2) is 0 Å². The fraction of sp³-hybridized carbons (Fsp3) is 0. The minimum Gasteiger partial charge on any atom is -0.822 e. The summed E-state index contributed by atoms with van der Waals surface area (Å²) < 4.78 is 8.55. The number of hydrogen-bond acceptors (Lipinski definition) is 4. The minimum absolute atomic E-state index is 0. The minimum atomic E-state index is -5.39. The zero-order chi connectivity index (χ0) is 4.50. The Kier molecular flexibility index (Phi) is 11.9. The van der Waals surface area contributed by atoms with Gasteiger partial charge in [0.1, 0.15) is 0 Å². The van der Waals surface area contributed by atoms with E-state index >= 15 is 0 Å². The second kappa shape index (κ2) is 5.30. The predicted molar refractivity (Wildman–Crippen MR) is 13.4 cm³/mol. The first-order valence-corrected chi connectivity index (χ1v) is 2.19. The van der Waals surface area contributed by atoms with Crippen molar-refractivity contribution >= 4 is 25.2 Å². The molecule has 0 heterocycles. The van der Waals surface area contributed by atoms with E-state index in [9.17, 15) is 0 Å². The molecule has 0 aromatic heterocycles. The van der Waals surface area contributed by atoms with Gasteiger partial charge in [0, 0.05) is 0 Å². The summed E-state index contributed by atoms with van der Waals surface area (Å²) in [7, 11) is -5.39. The molecule has 0 radical (unpaired) electrons. The molecule has 0 fully saturated rings. The van der Waals surface area contributed by atoms with E-state index in [2.05, 4.69) is 0 Å². The van der Waals surface area contributed by atoms with Crippen molar-refractivity contribution < 1.29 is 36.3 Å². The molecule has 0 saturated carbocycles. The van der Waals surface area contributed by atoms with Gasteiger partial charge in [-0.15, -0.1) is 0 Å². The van der Waals surface area contributed by atoms with Crippen molar-refractivity contribution in [1.82, 2.24) is 0 Å². The molecule has 0 unspecified atom stereocenters. The summed E-state index contributed by atoms with van der Waals surface area (Å²) in [5.74, 6) is 0. The van der Waals surface area contributed by atoms with Crippen LogP contribution in [-0.4, -0.2) is 17.4 Å². The molecular formula is AlFeO4P+2. The topological polar surface area (TPSA) is 86.2 Å². The Balaban J connectivity index is -0.0000000800. The van der Waals surface area contributed by atoms with Crippen LogP contribution < -0.4 is 14.7 Å². The molecule has 0 aromatic carbocycles. The van der Waals surface area contributed by atoms with Gasteiger partial charge in [-0.2, -0.15) is 7.82 Å². The maximum atomic E-state index is 8.55. The van der Waals surface area contributed by atoms with E-state index in [4.69, 9.17) is 19.2 Å². The largest absolute Gasteiger partial charge is 3.00 e. The molecule has 0 bridgehead atoms. The Morgan fingerprint density at radius 3 is 1.14 bits per heavy atom. The van der Waals surface area contributed by atoms with Crippen LogP contribution in [0, 0.1) is 0 Å². The van der Waals surface area contributed by atoms with Gasteiger partial charge in [-0.25, -0.2) is 0 Å². The van der Waals surface area contributed by atoms with Gasteiger partial charge in [-0.1, -0.05) is 0 Å². The van der Waals surface area contributed by atoms with E-state index in [-0.39, 0.29) is 34.4 Å². The molecule has 7 heavy (non-hydrogen) atoms. The van der Waals surface area contributed by atoms with Gasteiger partial charge in [0.15, 0.2) is 0 Å². The molecule has 0 aromatic rings. The molecule has 0 aliphatic rings. The Morgan fingerprint density at radius 2 is 1.14 bits per heavy atom. The van der Waals surface area contributed by atoms with Crippen molar-refractivity contribution in [3.8, 4) is 0 Å². The molecule has 38 valence electrons. The molecule has 7 heteroatoms. The molecule has 0 saturated heterocycles. The molecule has 0 aliphatic heterocycles.